The van der Waals surface area contributed by atoms with E-state index >= 15 is 0 Å². The van der Waals surface area contributed by atoms with Crippen LogP contribution in [0.3, 0.4) is 0 Å². The van der Waals surface area contributed by atoms with Gasteiger partial charge in [0.2, 0.25) is 0 Å². The van der Waals surface area contributed by atoms with Crippen LogP contribution in [0.15, 0.2) is 53.4 Å². The Labute approximate surface area is 190 Å². The highest BCUT2D eigenvalue weighted by molar-refractivity contribution is 7.90. The Hall–Kier alpha value is -2.93. The van der Waals surface area contributed by atoms with Gasteiger partial charge in [0.05, 0.1) is 17.2 Å². The highest BCUT2D eigenvalue weighted by atomic mass is 32.2. The number of aromatic nitrogens is 2. The number of ether oxygens (including phenoxy) is 1. The Morgan fingerprint density at radius 1 is 1.00 bits per heavy atom. The maximum absolute atomic E-state index is 12.2. The van der Waals surface area contributed by atoms with Crippen LogP contribution in [0.2, 0.25) is 0 Å². The molecule has 0 saturated heterocycles. The fourth-order valence-corrected chi connectivity index (χ4v) is 4.67. The number of aryl methyl sites for hydroxylation is 1. The molecule has 0 N–H and O–H groups in total. The third kappa shape index (κ3) is 5.27. The summed E-state index contributed by atoms with van der Waals surface area (Å²) in [6.07, 6.45) is 1.90. The van der Waals surface area contributed by atoms with E-state index in [2.05, 4.69) is 18.9 Å². The molecule has 2 aromatic carbocycles. The maximum Gasteiger partial charge on any atom is 0.358 e. The van der Waals surface area contributed by atoms with Gasteiger partial charge in [0.15, 0.2) is 15.5 Å². The van der Waals surface area contributed by atoms with Crippen LogP contribution >= 0.6 is 0 Å². The Bertz CT molecular complexity index is 1210. The molecule has 0 radical (unpaired) electrons. The molecule has 1 heterocycles. The van der Waals surface area contributed by atoms with Crippen LogP contribution in [0.5, 0.6) is 0 Å². The van der Waals surface area contributed by atoms with E-state index in [4.69, 9.17) is 4.74 Å². The molecule has 0 aliphatic rings. The fourth-order valence-electron chi connectivity index (χ4n) is 3.64. The number of carbonyl (C=O) groups is 1. The van der Waals surface area contributed by atoms with Crippen LogP contribution in [-0.2, 0) is 27.5 Å². The highest BCUT2D eigenvalue weighted by Crippen LogP contribution is 2.29. The highest BCUT2D eigenvalue weighted by Gasteiger charge is 2.18. The Morgan fingerprint density at radius 2 is 1.62 bits per heavy atom. The van der Waals surface area contributed by atoms with Crippen molar-refractivity contribution in [3.8, 4) is 22.4 Å². The molecule has 170 valence electrons. The van der Waals surface area contributed by atoms with Crippen molar-refractivity contribution in [1.82, 2.24) is 9.78 Å². The van der Waals surface area contributed by atoms with E-state index in [1.54, 1.807) is 19.1 Å². The van der Waals surface area contributed by atoms with Gasteiger partial charge in [0, 0.05) is 12.8 Å². The van der Waals surface area contributed by atoms with Crippen LogP contribution in [-0.4, -0.2) is 37.0 Å². The van der Waals surface area contributed by atoms with Crippen LogP contribution in [0.4, 0.5) is 0 Å². The first-order chi connectivity index (χ1) is 15.1. The van der Waals surface area contributed by atoms with Crippen molar-refractivity contribution >= 4 is 15.8 Å². The minimum atomic E-state index is -3.31. The number of rotatable bonds is 8. The summed E-state index contributed by atoms with van der Waals surface area (Å²) in [5.41, 5.74) is 4.63. The number of hydrogen-bond donors (Lipinski definition) is 0. The molecule has 0 atom stereocenters. The van der Waals surface area contributed by atoms with Gasteiger partial charge >= 0.3 is 5.97 Å². The molecule has 7 heteroatoms. The van der Waals surface area contributed by atoms with Crippen LogP contribution in [0.25, 0.3) is 22.4 Å². The van der Waals surface area contributed by atoms with Gasteiger partial charge in [-0.15, -0.1) is 0 Å². The average Bonchev–Trinajstić information content (AvgIpc) is 3.16. The Morgan fingerprint density at radius 3 is 2.19 bits per heavy atom. The summed E-state index contributed by atoms with van der Waals surface area (Å²) in [5.74, 6) is -0.0772. The molecule has 0 spiro atoms. The van der Waals surface area contributed by atoms with E-state index in [1.165, 1.54) is 6.26 Å². The van der Waals surface area contributed by atoms with Crippen LogP contribution < -0.4 is 0 Å². The second-order valence-electron chi connectivity index (χ2n) is 8.24. The number of hydrogen-bond acceptors (Lipinski definition) is 5. The van der Waals surface area contributed by atoms with Gasteiger partial charge in [-0.05, 0) is 53.6 Å². The summed E-state index contributed by atoms with van der Waals surface area (Å²) in [4.78, 5) is 12.6. The molecule has 3 rings (SSSR count). The first-order valence-electron chi connectivity index (χ1n) is 10.8. The van der Waals surface area contributed by atoms with Gasteiger partial charge in [-0.1, -0.05) is 57.2 Å². The summed E-state index contributed by atoms with van der Waals surface area (Å²) in [6.45, 7) is 8.88. The minimum absolute atomic E-state index is 0.291. The zero-order valence-electron chi connectivity index (χ0n) is 19.3. The molecular formula is C25H30N2O4S. The van der Waals surface area contributed by atoms with Gasteiger partial charge in [-0.2, -0.15) is 5.10 Å². The van der Waals surface area contributed by atoms with Crippen molar-refractivity contribution in [2.24, 2.45) is 5.92 Å². The lowest BCUT2D eigenvalue weighted by molar-refractivity contribution is 0.0518. The lowest BCUT2D eigenvalue weighted by Crippen LogP contribution is -2.10. The zero-order chi connectivity index (χ0) is 23.5. The topological polar surface area (TPSA) is 78.3 Å². The number of esters is 1. The van der Waals surface area contributed by atoms with Crippen molar-refractivity contribution in [1.29, 1.82) is 0 Å². The van der Waals surface area contributed by atoms with E-state index in [0.29, 0.717) is 36.1 Å². The second kappa shape index (κ2) is 9.69. The average molecular weight is 455 g/mol. The minimum Gasteiger partial charge on any atom is -0.461 e. The molecule has 0 unspecified atom stereocenters. The normalized spacial score (nSPS) is 11.7. The Balaban J connectivity index is 1.99. The monoisotopic (exact) mass is 454 g/mol. The number of nitrogens with zero attached hydrogens (tertiary/aromatic N) is 2. The lowest BCUT2D eigenvalue weighted by atomic mass is 10.0. The van der Waals surface area contributed by atoms with Crippen molar-refractivity contribution in [3.63, 3.8) is 0 Å². The van der Waals surface area contributed by atoms with Gasteiger partial charge in [-0.3, -0.25) is 4.68 Å². The smallest absolute Gasteiger partial charge is 0.358 e. The third-order valence-corrected chi connectivity index (χ3v) is 6.34. The van der Waals surface area contributed by atoms with Crippen molar-refractivity contribution in [2.75, 3.05) is 12.9 Å². The third-order valence-electron chi connectivity index (χ3n) is 5.16. The maximum atomic E-state index is 12.2. The quantitative estimate of drug-likeness (QED) is 0.447. The van der Waals surface area contributed by atoms with Gasteiger partial charge in [-0.25, -0.2) is 13.2 Å². The number of benzene rings is 2. The molecule has 6 nitrogen and oxygen atoms in total. The van der Waals surface area contributed by atoms with Crippen LogP contribution in [0, 0.1) is 5.92 Å². The fraction of sp³-hybridized carbons (Fsp3) is 0.360. The van der Waals surface area contributed by atoms with Gasteiger partial charge in [0.25, 0.3) is 0 Å². The van der Waals surface area contributed by atoms with Gasteiger partial charge in [0.1, 0.15) is 0 Å². The molecule has 1 aromatic heterocycles. The first kappa shape index (κ1) is 23.7. The van der Waals surface area contributed by atoms with Gasteiger partial charge < -0.3 is 4.74 Å². The van der Waals surface area contributed by atoms with E-state index in [-0.39, 0.29) is 0 Å². The van der Waals surface area contributed by atoms with Crippen molar-refractivity contribution < 1.29 is 17.9 Å². The molecule has 0 fully saturated rings. The SMILES string of the molecule is CCOC(=O)c1cc(-c2ccc(-c3ccc(CC)c(S(C)(=O)=O)c3)cc2)n(CC(C)C)n1. The molecular weight excluding hydrogens is 424 g/mol. The van der Waals surface area contributed by atoms with Crippen LogP contribution in [0.1, 0.15) is 43.7 Å². The van der Waals surface area contributed by atoms with E-state index in [9.17, 15) is 13.2 Å². The summed E-state index contributed by atoms with van der Waals surface area (Å²) in [5, 5.41) is 4.46. The van der Waals surface area contributed by atoms with Crippen molar-refractivity contribution in [3.05, 3.63) is 59.8 Å². The van der Waals surface area contributed by atoms with Crippen molar-refractivity contribution in [2.45, 2.75) is 45.6 Å². The predicted molar refractivity (Wildman–Crippen MR) is 126 cm³/mol. The summed E-state index contributed by atoms with van der Waals surface area (Å²) in [7, 11) is -3.31. The molecule has 32 heavy (non-hydrogen) atoms. The Kier molecular flexibility index (Phi) is 7.19. The molecule has 0 amide bonds. The van der Waals surface area contributed by atoms with E-state index < -0.39 is 15.8 Å². The largest absolute Gasteiger partial charge is 0.461 e. The lowest BCUT2D eigenvalue weighted by Gasteiger charge is -2.12. The molecule has 0 aliphatic heterocycles. The molecule has 0 saturated carbocycles. The summed E-state index contributed by atoms with van der Waals surface area (Å²) in [6, 6.07) is 15.2. The molecule has 3 aromatic rings. The van der Waals surface area contributed by atoms with E-state index in [1.807, 2.05) is 48.0 Å². The zero-order valence-corrected chi connectivity index (χ0v) is 20.1. The summed E-state index contributed by atoms with van der Waals surface area (Å²) < 4.78 is 31.4. The number of sulfone groups is 1. The van der Waals surface area contributed by atoms with E-state index in [0.717, 1.165) is 27.9 Å². The second-order valence-corrected chi connectivity index (χ2v) is 10.2. The standard InChI is InChI=1S/C25H30N2O4S/c1-6-18-8-13-21(14-24(18)32(5,29)30)19-9-11-20(12-10-19)23-15-22(25(28)31-7-2)26-27(23)16-17(3)4/h8-15,17H,6-7,16H2,1-5H3. The summed E-state index contributed by atoms with van der Waals surface area (Å²) >= 11 is 0. The molecule has 0 bridgehead atoms. The molecule has 0 aliphatic carbocycles. The number of carbonyl (C=O) groups excluding carboxylic acids is 1. The first-order valence-corrected chi connectivity index (χ1v) is 12.7. The predicted octanol–water partition coefficient (Wildman–Crippen LogP) is 5.02.